The Bertz CT molecular complexity index is 1650. The zero-order valence-corrected chi connectivity index (χ0v) is 18.6. The first kappa shape index (κ1) is 20.7. The highest BCUT2D eigenvalue weighted by atomic mass is 16.4. The molecule has 6 nitrogen and oxygen atoms in total. The molecule has 168 valence electrons. The Kier molecular flexibility index (Phi) is 4.85. The number of pyridine rings is 1. The molecule has 5 aromatic rings. The fraction of sp³-hybridized carbons (Fsp3) is 0.0345. The molecular weight excluding hydrogens is 438 g/mol. The first-order chi connectivity index (χ1) is 17.1. The van der Waals surface area contributed by atoms with Crippen molar-refractivity contribution >= 4 is 28.4 Å². The van der Waals surface area contributed by atoms with Crippen LogP contribution in [-0.4, -0.2) is 31.7 Å². The Balaban J connectivity index is 1.59. The number of aliphatic carboxylic acids is 1. The van der Waals surface area contributed by atoms with Gasteiger partial charge < -0.3 is 5.11 Å². The molecule has 0 fully saturated rings. The van der Waals surface area contributed by atoms with Gasteiger partial charge in [-0.25, -0.2) is 4.79 Å². The van der Waals surface area contributed by atoms with Crippen LogP contribution < -0.4 is 0 Å². The van der Waals surface area contributed by atoms with E-state index < -0.39 is 11.9 Å². The van der Waals surface area contributed by atoms with Gasteiger partial charge in [-0.3, -0.25) is 9.78 Å². The highest BCUT2D eigenvalue weighted by Crippen LogP contribution is 2.40. The molecular formula is C29H19N3O3. The van der Waals surface area contributed by atoms with Gasteiger partial charge in [0.25, 0.3) is 5.91 Å². The van der Waals surface area contributed by atoms with Gasteiger partial charge in [-0.2, -0.15) is 9.78 Å². The molecule has 1 N–H and O–H groups in total. The van der Waals surface area contributed by atoms with Crippen molar-refractivity contribution in [3.8, 4) is 22.4 Å². The summed E-state index contributed by atoms with van der Waals surface area (Å²) in [5.74, 6) is -1.57. The van der Waals surface area contributed by atoms with Crippen LogP contribution in [0.4, 0.5) is 0 Å². The summed E-state index contributed by atoms with van der Waals surface area (Å²) in [4.78, 5) is 30.6. The molecule has 0 aliphatic carbocycles. The fourth-order valence-electron chi connectivity index (χ4n) is 4.69. The van der Waals surface area contributed by atoms with Crippen molar-refractivity contribution < 1.29 is 14.7 Å². The summed E-state index contributed by atoms with van der Waals surface area (Å²) in [6.45, 7) is 0. The third kappa shape index (κ3) is 3.43. The van der Waals surface area contributed by atoms with Crippen LogP contribution in [-0.2, 0) is 11.2 Å². The van der Waals surface area contributed by atoms with Gasteiger partial charge in [-0.05, 0) is 29.3 Å². The first-order valence-electron chi connectivity index (χ1n) is 11.2. The van der Waals surface area contributed by atoms with Crippen LogP contribution in [0.5, 0.6) is 0 Å². The Hall–Kier alpha value is -4.84. The number of rotatable bonds is 4. The molecule has 1 aliphatic heterocycles. The largest absolute Gasteiger partial charge is 0.478 e. The molecule has 1 aliphatic rings. The molecule has 0 amide bonds. The Morgan fingerprint density at radius 3 is 2.26 bits per heavy atom. The first-order valence-corrected chi connectivity index (χ1v) is 11.2. The van der Waals surface area contributed by atoms with Crippen LogP contribution in [0.25, 0.3) is 38.9 Å². The van der Waals surface area contributed by atoms with E-state index in [0.717, 1.165) is 27.6 Å². The lowest BCUT2D eigenvalue weighted by atomic mass is 9.89. The van der Waals surface area contributed by atoms with Crippen LogP contribution in [0.15, 0.2) is 103 Å². The molecule has 2 aromatic heterocycles. The van der Waals surface area contributed by atoms with E-state index in [4.69, 9.17) is 5.10 Å². The van der Waals surface area contributed by atoms with Gasteiger partial charge in [-0.1, -0.05) is 72.8 Å². The van der Waals surface area contributed by atoms with Crippen molar-refractivity contribution in [2.45, 2.75) is 6.42 Å². The summed E-state index contributed by atoms with van der Waals surface area (Å²) in [7, 11) is 0. The predicted molar refractivity (Wildman–Crippen MR) is 134 cm³/mol. The van der Waals surface area contributed by atoms with Crippen LogP contribution in [0, 0.1) is 0 Å². The number of hydrogen-bond donors (Lipinski definition) is 1. The molecule has 6 heteroatoms. The molecule has 3 heterocycles. The molecule has 3 aromatic carbocycles. The van der Waals surface area contributed by atoms with E-state index in [1.807, 2.05) is 78.9 Å². The van der Waals surface area contributed by atoms with Gasteiger partial charge in [-0.15, -0.1) is 0 Å². The number of carbonyl (C=O) groups excluding carboxylic acids is 1. The maximum Gasteiger partial charge on any atom is 0.332 e. The minimum atomic E-state index is -1.12. The number of fused-ring (bicyclic) bond motifs is 2. The van der Waals surface area contributed by atoms with E-state index in [-0.39, 0.29) is 17.6 Å². The van der Waals surface area contributed by atoms with E-state index in [2.05, 4.69) is 4.98 Å². The molecule has 0 atom stereocenters. The Morgan fingerprint density at radius 1 is 0.829 bits per heavy atom. The predicted octanol–water partition coefficient (Wildman–Crippen LogP) is 5.50. The minimum Gasteiger partial charge on any atom is -0.478 e. The van der Waals surface area contributed by atoms with Crippen molar-refractivity contribution in [2.75, 3.05) is 0 Å². The smallest absolute Gasteiger partial charge is 0.332 e. The number of carboxylic acid groups (broad SMARTS) is 1. The molecule has 0 spiro atoms. The van der Waals surface area contributed by atoms with Crippen molar-refractivity contribution in [2.24, 2.45) is 0 Å². The molecule has 0 saturated carbocycles. The molecule has 0 saturated heterocycles. The van der Waals surface area contributed by atoms with Gasteiger partial charge in [0.2, 0.25) is 0 Å². The van der Waals surface area contributed by atoms with Crippen molar-refractivity contribution in [1.29, 1.82) is 0 Å². The highest BCUT2D eigenvalue weighted by molar-refractivity contribution is 6.27. The third-order valence-corrected chi connectivity index (χ3v) is 6.29. The molecule has 35 heavy (non-hydrogen) atoms. The van der Waals surface area contributed by atoms with Gasteiger partial charge >= 0.3 is 5.97 Å². The Morgan fingerprint density at radius 2 is 1.54 bits per heavy atom. The monoisotopic (exact) mass is 457 g/mol. The van der Waals surface area contributed by atoms with Crippen LogP contribution >= 0.6 is 0 Å². The summed E-state index contributed by atoms with van der Waals surface area (Å²) in [6.07, 6.45) is 1.77. The SMILES string of the molecule is O=C(O)C1=C(c2ccc3ncccc3c2)C(=O)n2nc(-c3ccccc3)c(-c3ccccc3)c2C1. The summed E-state index contributed by atoms with van der Waals surface area (Å²) in [5, 5.41) is 15.7. The van der Waals surface area contributed by atoms with Gasteiger partial charge in [0.05, 0.1) is 22.4 Å². The number of benzene rings is 3. The molecule has 0 unspecified atom stereocenters. The normalized spacial score (nSPS) is 13.2. The maximum absolute atomic E-state index is 13.9. The van der Waals surface area contributed by atoms with Crippen molar-refractivity contribution in [1.82, 2.24) is 14.8 Å². The average molecular weight is 457 g/mol. The summed E-state index contributed by atoms with van der Waals surface area (Å²) < 4.78 is 1.37. The lowest BCUT2D eigenvalue weighted by Gasteiger charge is -2.20. The van der Waals surface area contributed by atoms with E-state index >= 15 is 0 Å². The second-order valence-electron chi connectivity index (χ2n) is 8.37. The zero-order chi connectivity index (χ0) is 23.9. The fourth-order valence-corrected chi connectivity index (χ4v) is 4.69. The number of hydrogen-bond acceptors (Lipinski definition) is 4. The van der Waals surface area contributed by atoms with Gasteiger partial charge in [0.15, 0.2) is 0 Å². The summed E-state index contributed by atoms with van der Waals surface area (Å²) >= 11 is 0. The van der Waals surface area contributed by atoms with Crippen molar-refractivity contribution in [3.63, 3.8) is 0 Å². The molecule has 0 radical (unpaired) electrons. The minimum absolute atomic E-state index is 0.0578. The number of nitrogens with zero attached hydrogens (tertiary/aromatic N) is 3. The number of carbonyl (C=O) groups is 2. The number of aromatic nitrogens is 3. The lowest BCUT2D eigenvalue weighted by molar-refractivity contribution is -0.132. The maximum atomic E-state index is 13.9. The average Bonchev–Trinajstić information content (AvgIpc) is 3.29. The van der Waals surface area contributed by atoms with Gasteiger partial charge in [0, 0.05) is 29.1 Å². The second-order valence-corrected chi connectivity index (χ2v) is 8.37. The van der Waals surface area contributed by atoms with Gasteiger partial charge in [0.1, 0.15) is 5.69 Å². The topological polar surface area (TPSA) is 85.1 Å². The summed E-state index contributed by atoms with van der Waals surface area (Å²) in [5.41, 5.74) is 5.25. The Labute approximate surface area is 200 Å². The molecule has 0 bridgehead atoms. The molecule has 6 rings (SSSR count). The van der Waals surface area contributed by atoms with Crippen LogP contribution in [0.2, 0.25) is 0 Å². The van der Waals surface area contributed by atoms with E-state index in [0.29, 0.717) is 17.0 Å². The third-order valence-electron chi connectivity index (χ3n) is 6.29. The lowest BCUT2D eigenvalue weighted by Crippen LogP contribution is -2.26. The number of carboxylic acids is 1. The van der Waals surface area contributed by atoms with Crippen LogP contribution in [0.1, 0.15) is 16.1 Å². The standard InChI is InChI=1S/C29H19N3O3/c33-28-25(21-13-14-23-20(16-21)12-7-15-30-23)22(29(34)35)17-24-26(18-8-3-1-4-9-18)27(31-32(24)28)19-10-5-2-6-11-19/h1-16H,17H2,(H,34,35). The van der Waals surface area contributed by atoms with E-state index in [1.165, 1.54) is 4.68 Å². The highest BCUT2D eigenvalue weighted by Gasteiger charge is 2.35. The number of allylic oxidation sites excluding steroid dienone is 1. The van der Waals surface area contributed by atoms with Crippen LogP contribution in [0.3, 0.4) is 0 Å². The quantitative estimate of drug-likeness (QED) is 0.385. The van der Waals surface area contributed by atoms with E-state index in [9.17, 15) is 14.7 Å². The van der Waals surface area contributed by atoms with E-state index in [1.54, 1.807) is 18.3 Å². The van der Waals surface area contributed by atoms with Crippen molar-refractivity contribution in [3.05, 3.63) is 114 Å². The summed E-state index contributed by atoms with van der Waals surface area (Å²) in [6, 6.07) is 28.3. The second kappa shape index (κ2) is 8.18. The zero-order valence-electron chi connectivity index (χ0n) is 18.6.